The van der Waals surface area contributed by atoms with Crippen molar-refractivity contribution in [2.24, 2.45) is 0 Å². The SMILES string of the molecule is c1ccc(-c2cccc(N(c3ccc(-c4cccc(-c5ccccc5-n5c6ccccc6c6ccccc65)c4)cc3)c3ccccc3-c3cccc4c3oc3ccccc34)c2)cc1. The molecular weight excluding hydrogens is 765 g/mol. The number of hydrogen-bond donors (Lipinski definition) is 0. The van der Waals surface area contributed by atoms with Gasteiger partial charge >= 0.3 is 0 Å². The molecule has 0 fully saturated rings. The van der Waals surface area contributed by atoms with E-state index in [1.165, 1.54) is 38.5 Å². The molecule has 3 nitrogen and oxygen atoms in total. The van der Waals surface area contributed by atoms with Crippen LogP contribution in [0, 0.1) is 0 Å². The number of rotatable bonds is 8. The number of benzene rings is 10. The van der Waals surface area contributed by atoms with E-state index in [0.29, 0.717) is 0 Å². The maximum Gasteiger partial charge on any atom is 0.143 e. The molecule has 12 aromatic rings. The van der Waals surface area contributed by atoms with Gasteiger partial charge < -0.3 is 13.9 Å². The summed E-state index contributed by atoms with van der Waals surface area (Å²) in [4.78, 5) is 2.38. The topological polar surface area (TPSA) is 21.3 Å². The van der Waals surface area contributed by atoms with Crippen LogP contribution in [-0.2, 0) is 0 Å². The fourth-order valence-electron chi connectivity index (χ4n) is 9.50. The lowest BCUT2D eigenvalue weighted by atomic mass is 9.97. The molecule has 3 heteroatoms. The Morgan fingerprint density at radius 3 is 1.65 bits per heavy atom. The zero-order valence-electron chi connectivity index (χ0n) is 34.4. The minimum Gasteiger partial charge on any atom is -0.455 e. The predicted molar refractivity (Wildman–Crippen MR) is 264 cm³/mol. The Balaban J connectivity index is 0.974. The number of anilines is 3. The molecule has 0 aliphatic rings. The quantitative estimate of drug-likeness (QED) is 0.153. The van der Waals surface area contributed by atoms with Crippen molar-refractivity contribution in [3.8, 4) is 50.2 Å². The number of fused-ring (bicyclic) bond motifs is 6. The van der Waals surface area contributed by atoms with E-state index in [2.05, 4.69) is 240 Å². The summed E-state index contributed by atoms with van der Waals surface area (Å²) in [5.74, 6) is 0. The average Bonchev–Trinajstić information content (AvgIpc) is 3.91. The molecule has 63 heavy (non-hydrogen) atoms. The van der Waals surface area contributed by atoms with Crippen LogP contribution in [0.25, 0.3) is 93.9 Å². The largest absolute Gasteiger partial charge is 0.455 e. The highest BCUT2D eigenvalue weighted by Crippen LogP contribution is 2.45. The molecule has 0 amide bonds. The first-order chi connectivity index (χ1) is 31.3. The van der Waals surface area contributed by atoms with E-state index in [0.717, 1.165) is 72.5 Å². The minimum absolute atomic E-state index is 0.888. The summed E-state index contributed by atoms with van der Waals surface area (Å²) in [5.41, 5.74) is 17.7. The van der Waals surface area contributed by atoms with Gasteiger partial charge in [0.25, 0.3) is 0 Å². The Labute approximate surface area is 366 Å². The van der Waals surface area contributed by atoms with E-state index in [4.69, 9.17) is 4.42 Å². The summed E-state index contributed by atoms with van der Waals surface area (Å²) < 4.78 is 9.03. The summed E-state index contributed by atoms with van der Waals surface area (Å²) in [5, 5.41) is 4.74. The monoisotopic (exact) mass is 804 g/mol. The number of furan rings is 1. The molecule has 0 N–H and O–H groups in total. The highest BCUT2D eigenvalue weighted by molar-refractivity contribution is 6.11. The highest BCUT2D eigenvalue weighted by atomic mass is 16.3. The van der Waals surface area contributed by atoms with Crippen LogP contribution >= 0.6 is 0 Å². The zero-order chi connectivity index (χ0) is 41.7. The number of aromatic nitrogens is 1. The van der Waals surface area contributed by atoms with Crippen molar-refractivity contribution in [1.82, 2.24) is 4.57 Å². The summed E-state index contributed by atoms with van der Waals surface area (Å²) in [6, 6.07) is 87.0. The molecule has 0 bridgehead atoms. The van der Waals surface area contributed by atoms with Gasteiger partial charge in [0.15, 0.2) is 0 Å². The summed E-state index contributed by atoms with van der Waals surface area (Å²) in [6.45, 7) is 0. The normalized spacial score (nSPS) is 11.5. The van der Waals surface area contributed by atoms with Crippen molar-refractivity contribution in [1.29, 1.82) is 0 Å². The van der Waals surface area contributed by atoms with Gasteiger partial charge in [0.05, 0.1) is 22.4 Å². The highest BCUT2D eigenvalue weighted by Gasteiger charge is 2.21. The number of nitrogens with zero attached hydrogens (tertiary/aromatic N) is 2. The first-order valence-electron chi connectivity index (χ1n) is 21.5. The fourth-order valence-corrected chi connectivity index (χ4v) is 9.50. The van der Waals surface area contributed by atoms with E-state index in [1.807, 2.05) is 12.1 Å². The van der Waals surface area contributed by atoms with Gasteiger partial charge in [0, 0.05) is 49.6 Å². The van der Waals surface area contributed by atoms with E-state index >= 15 is 0 Å². The van der Waals surface area contributed by atoms with Crippen molar-refractivity contribution in [2.75, 3.05) is 4.90 Å². The lowest BCUT2D eigenvalue weighted by Crippen LogP contribution is -2.11. The molecule has 0 saturated carbocycles. The van der Waals surface area contributed by atoms with E-state index in [9.17, 15) is 0 Å². The van der Waals surface area contributed by atoms with Gasteiger partial charge in [-0.1, -0.05) is 182 Å². The molecule has 0 radical (unpaired) electrons. The van der Waals surface area contributed by atoms with Crippen LogP contribution in [0.5, 0.6) is 0 Å². The smallest absolute Gasteiger partial charge is 0.143 e. The van der Waals surface area contributed by atoms with Crippen LogP contribution in [0.4, 0.5) is 17.1 Å². The van der Waals surface area contributed by atoms with Gasteiger partial charge in [0.1, 0.15) is 11.2 Å². The van der Waals surface area contributed by atoms with Crippen LogP contribution in [0.2, 0.25) is 0 Å². The van der Waals surface area contributed by atoms with Gasteiger partial charge in [0.2, 0.25) is 0 Å². The van der Waals surface area contributed by atoms with Gasteiger partial charge in [-0.05, 0) is 88.5 Å². The second-order valence-electron chi connectivity index (χ2n) is 16.1. The lowest BCUT2D eigenvalue weighted by Gasteiger charge is -2.28. The third-order valence-electron chi connectivity index (χ3n) is 12.4. The molecule has 0 spiro atoms. The molecule has 0 atom stereocenters. The second-order valence-corrected chi connectivity index (χ2v) is 16.1. The van der Waals surface area contributed by atoms with E-state index in [-0.39, 0.29) is 0 Å². The Morgan fingerprint density at radius 2 is 0.857 bits per heavy atom. The molecule has 0 unspecified atom stereocenters. The van der Waals surface area contributed by atoms with Gasteiger partial charge in [-0.15, -0.1) is 0 Å². The number of hydrogen-bond acceptors (Lipinski definition) is 2. The Morgan fingerprint density at radius 1 is 0.317 bits per heavy atom. The molecular formula is C60H40N2O. The molecule has 10 aromatic carbocycles. The van der Waals surface area contributed by atoms with Gasteiger partial charge in [-0.2, -0.15) is 0 Å². The molecule has 0 aliphatic carbocycles. The van der Waals surface area contributed by atoms with Crippen LogP contribution in [0.3, 0.4) is 0 Å². The zero-order valence-corrected chi connectivity index (χ0v) is 34.4. The van der Waals surface area contributed by atoms with E-state index < -0.39 is 0 Å². The maximum atomic E-state index is 6.61. The van der Waals surface area contributed by atoms with Crippen molar-refractivity contribution >= 4 is 60.8 Å². The molecule has 0 aliphatic heterocycles. The van der Waals surface area contributed by atoms with Gasteiger partial charge in [-0.25, -0.2) is 0 Å². The van der Waals surface area contributed by atoms with Crippen molar-refractivity contribution < 1.29 is 4.42 Å². The van der Waals surface area contributed by atoms with Crippen molar-refractivity contribution in [3.63, 3.8) is 0 Å². The average molecular weight is 805 g/mol. The first kappa shape index (κ1) is 36.5. The van der Waals surface area contributed by atoms with Crippen molar-refractivity contribution in [2.45, 2.75) is 0 Å². The van der Waals surface area contributed by atoms with Gasteiger partial charge in [-0.3, -0.25) is 0 Å². The summed E-state index contributed by atoms with van der Waals surface area (Å²) in [6.07, 6.45) is 0. The predicted octanol–water partition coefficient (Wildman–Crippen LogP) is 16.8. The van der Waals surface area contributed by atoms with Crippen LogP contribution in [0.15, 0.2) is 247 Å². The molecule has 296 valence electrons. The maximum absolute atomic E-state index is 6.61. The van der Waals surface area contributed by atoms with Crippen LogP contribution < -0.4 is 4.90 Å². The first-order valence-corrected chi connectivity index (χ1v) is 21.5. The van der Waals surface area contributed by atoms with Crippen molar-refractivity contribution in [3.05, 3.63) is 243 Å². The number of para-hydroxylation sites is 6. The van der Waals surface area contributed by atoms with Crippen LogP contribution in [-0.4, -0.2) is 4.57 Å². The molecule has 12 rings (SSSR count). The minimum atomic E-state index is 0.888. The standard InChI is InChI=1S/C60H40N2O/c1-2-17-41(18-3-1)44-20-15-22-47(40-44)61(56-31-10-7-26-51(56)53-28-16-29-54-52-27-8-13-34-59(52)63-60(53)54)46-37-35-42(36-38-46)43-19-14-21-45(39-43)48-23-4-9-30-55(48)62-57-32-11-5-24-49(57)50-25-6-12-33-58(50)62/h1-40H. The summed E-state index contributed by atoms with van der Waals surface area (Å²) >= 11 is 0. The summed E-state index contributed by atoms with van der Waals surface area (Å²) in [7, 11) is 0. The third kappa shape index (κ3) is 6.29. The third-order valence-corrected chi connectivity index (χ3v) is 12.4. The molecule has 0 saturated heterocycles. The Hall–Kier alpha value is -8.40. The molecule has 2 aromatic heterocycles. The Kier molecular flexibility index (Phi) is 8.83. The fraction of sp³-hybridized carbons (Fsp3) is 0. The second kappa shape index (κ2) is 15.3. The van der Waals surface area contributed by atoms with E-state index in [1.54, 1.807) is 0 Å². The lowest BCUT2D eigenvalue weighted by molar-refractivity contribution is 0.670. The van der Waals surface area contributed by atoms with Crippen LogP contribution in [0.1, 0.15) is 0 Å². The molecule has 2 heterocycles. The Bertz CT molecular complexity index is 3580.